The fourth-order valence-corrected chi connectivity index (χ4v) is 2.88. The van der Waals surface area contributed by atoms with Gasteiger partial charge in [-0.05, 0) is 36.4 Å². The number of rotatable bonds is 4. The first-order valence-electron chi connectivity index (χ1n) is 6.35. The van der Waals surface area contributed by atoms with Crippen LogP contribution in [0.5, 0.6) is 0 Å². The van der Waals surface area contributed by atoms with Crippen molar-refractivity contribution in [1.82, 2.24) is 4.98 Å². The van der Waals surface area contributed by atoms with E-state index >= 15 is 0 Å². The van der Waals surface area contributed by atoms with Crippen LogP contribution >= 0.6 is 11.8 Å². The summed E-state index contributed by atoms with van der Waals surface area (Å²) in [4.78, 5) is 21.4. The summed E-state index contributed by atoms with van der Waals surface area (Å²) in [6, 6.07) is 8.47. The maximum absolute atomic E-state index is 11.2. The van der Waals surface area contributed by atoms with Crippen LogP contribution in [0.3, 0.4) is 0 Å². The zero-order valence-corrected chi connectivity index (χ0v) is 11.5. The van der Waals surface area contributed by atoms with Gasteiger partial charge in [-0.2, -0.15) is 0 Å². The van der Waals surface area contributed by atoms with Gasteiger partial charge in [-0.3, -0.25) is 4.79 Å². The predicted molar refractivity (Wildman–Crippen MR) is 80.2 cm³/mol. The van der Waals surface area contributed by atoms with Crippen LogP contribution in [0.25, 0.3) is 10.9 Å². The molecule has 3 rings (SSSR count). The van der Waals surface area contributed by atoms with Gasteiger partial charge in [-0.15, -0.1) is 11.8 Å². The molecule has 0 saturated carbocycles. The minimum Gasteiger partial charge on any atom is -0.341 e. The molecule has 0 saturated heterocycles. The van der Waals surface area contributed by atoms with Crippen LogP contribution in [-0.2, 0) is 4.79 Å². The largest absolute Gasteiger partial charge is 0.341 e. The molecular weight excluding hydrogens is 258 g/mol. The number of aromatic amines is 1. The molecule has 2 heterocycles. The SMILES string of the molecule is CCCSc1ccc2[nH]c(N3C=NC(=O)C3)cc2c1. The number of nitrogens with one attached hydrogen (secondary N) is 1. The Hall–Kier alpha value is -1.75. The fourth-order valence-electron chi connectivity index (χ4n) is 2.07. The number of fused-ring (bicyclic) bond motifs is 1. The molecule has 0 spiro atoms. The highest BCUT2D eigenvalue weighted by atomic mass is 32.2. The number of nitrogens with zero attached hydrogens (tertiary/aromatic N) is 2. The van der Waals surface area contributed by atoms with Gasteiger partial charge in [0.05, 0.1) is 0 Å². The molecule has 19 heavy (non-hydrogen) atoms. The van der Waals surface area contributed by atoms with E-state index in [0.717, 1.165) is 17.1 Å². The first kappa shape index (κ1) is 12.3. The zero-order valence-electron chi connectivity index (χ0n) is 10.7. The average molecular weight is 273 g/mol. The van der Waals surface area contributed by atoms with Crippen LogP contribution < -0.4 is 4.90 Å². The molecule has 1 N–H and O–H groups in total. The molecular formula is C14H15N3OS. The number of hydrogen-bond acceptors (Lipinski definition) is 3. The Labute approximate surface area is 115 Å². The van der Waals surface area contributed by atoms with Crippen molar-refractivity contribution in [2.75, 3.05) is 17.2 Å². The van der Waals surface area contributed by atoms with Gasteiger partial charge in [-0.1, -0.05) is 6.92 Å². The van der Waals surface area contributed by atoms with Crippen molar-refractivity contribution in [2.45, 2.75) is 18.2 Å². The third-order valence-corrected chi connectivity index (χ3v) is 4.21. The maximum atomic E-state index is 11.2. The normalized spacial score (nSPS) is 14.8. The molecule has 4 nitrogen and oxygen atoms in total. The van der Waals surface area contributed by atoms with Gasteiger partial charge in [0.15, 0.2) is 0 Å². The Balaban J connectivity index is 1.88. The lowest BCUT2D eigenvalue weighted by atomic mass is 10.2. The highest BCUT2D eigenvalue weighted by molar-refractivity contribution is 7.99. The second kappa shape index (κ2) is 5.09. The summed E-state index contributed by atoms with van der Waals surface area (Å²) in [6.07, 6.45) is 2.76. The van der Waals surface area contributed by atoms with E-state index in [9.17, 15) is 4.79 Å². The predicted octanol–water partition coefficient (Wildman–Crippen LogP) is 3.04. The molecule has 0 radical (unpaired) electrons. The molecule has 1 aliphatic rings. The van der Waals surface area contributed by atoms with Crippen LogP contribution in [-0.4, -0.2) is 29.5 Å². The maximum Gasteiger partial charge on any atom is 0.267 e. The van der Waals surface area contributed by atoms with Crippen molar-refractivity contribution >= 4 is 40.7 Å². The smallest absolute Gasteiger partial charge is 0.267 e. The highest BCUT2D eigenvalue weighted by Crippen LogP contribution is 2.27. The quantitative estimate of drug-likeness (QED) is 0.871. The van der Waals surface area contributed by atoms with Crippen LogP contribution in [0.4, 0.5) is 5.82 Å². The molecule has 1 aliphatic heterocycles. The van der Waals surface area contributed by atoms with E-state index in [1.807, 2.05) is 16.7 Å². The molecule has 0 unspecified atom stereocenters. The summed E-state index contributed by atoms with van der Waals surface area (Å²) < 4.78 is 0. The van der Waals surface area contributed by atoms with Gasteiger partial charge >= 0.3 is 0 Å². The van der Waals surface area contributed by atoms with Crippen LogP contribution in [0.1, 0.15) is 13.3 Å². The molecule has 0 fully saturated rings. The molecule has 1 aromatic carbocycles. The van der Waals surface area contributed by atoms with Crippen molar-refractivity contribution in [3.63, 3.8) is 0 Å². The number of H-pyrrole nitrogens is 1. The zero-order chi connectivity index (χ0) is 13.2. The summed E-state index contributed by atoms with van der Waals surface area (Å²) in [6.45, 7) is 2.51. The van der Waals surface area contributed by atoms with E-state index in [1.54, 1.807) is 6.34 Å². The molecule has 0 bridgehead atoms. The van der Waals surface area contributed by atoms with E-state index in [2.05, 4.69) is 41.2 Å². The van der Waals surface area contributed by atoms with Crippen molar-refractivity contribution in [3.8, 4) is 0 Å². The van der Waals surface area contributed by atoms with Gasteiger partial charge in [0.1, 0.15) is 18.7 Å². The Morgan fingerprint density at radius 2 is 2.32 bits per heavy atom. The number of amides is 1. The summed E-state index contributed by atoms with van der Waals surface area (Å²) in [5.74, 6) is 1.95. The van der Waals surface area contributed by atoms with Gasteiger partial charge in [0, 0.05) is 15.8 Å². The molecule has 98 valence electrons. The van der Waals surface area contributed by atoms with E-state index in [-0.39, 0.29) is 5.91 Å². The van der Waals surface area contributed by atoms with E-state index < -0.39 is 0 Å². The number of anilines is 1. The number of aliphatic imine (C=N–C) groups is 1. The minimum atomic E-state index is -0.0992. The first-order chi connectivity index (χ1) is 9.26. The lowest BCUT2D eigenvalue weighted by Gasteiger charge is -2.08. The van der Waals surface area contributed by atoms with E-state index in [4.69, 9.17) is 0 Å². The van der Waals surface area contributed by atoms with Crippen LogP contribution in [0.15, 0.2) is 34.2 Å². The van der Waals surface area contributed by atoms with Crippen molar-refractivity contribution in [3.05, 3.63) is 24.3 Å². The van der Waals surface area contributed by atoms with Crippen LogP contribution in [0, 0.1) is 0 Å². The number of thioether (sulfide) groups is 1. The van der Waals surface area contributed by atoms with Crippen molar-refractivity contribution < 1.29 is 4.79 Å². The lowest BCUT2D eigenvalue weighted by Crippen LogP contribution is -2.20. The highest BCUT2D eigenvalue weighted by Gasteiger charge is 2.16. The number of carbonyl (C=O) groups is 1. The Morgan fingerprint density at radius 3 is 3.05 bits per heavy atom. The summed E-state index contributed by atoms with van der Waals surface area (Å²) >= 11 is 1.87. The van der Waals surface area contributed by atoms with Gasteiger partial charge < -0.3 is 9.88 Å². The molecule has 2 aromatic rings. The number of benzene rings is 1. The summed E-state index contributed by atoms with van der Waals surface area (Å²) in [5.41, 5.74) is 1.09. The Kier molecular flexibility index (Phi) is 3.29. The molecule has 1 amide bonds. The summed E-state index contributed by atoms with van der Waals surface area (Å²) in [5, 5.41) is 1.17. The lowest BCUT2D eigenvalue weighted by molar-refractivity contribution is -0.115. The summed E-state index contributed by atoms with van der Waals surface area (Å²) in [7, 11) is 0. The Morgan fingerprint density at radius 1 is 1.42 bits per heavy atom. The fraction of sp³-hybridized carbons (Fsp3) is 0.286. The molecule has 0 aliphatic carbocycles. The van der Waals surface area contributed by atoms with Crippen molar-refractivity contribution in [2.24, 2.45) is 4.99 Å². The minimum absolute atomic E-state index is 0.0992. The second-order valence-electron chi connectivity index (χ2n) is 4.52. The first-order valence-corrected chi connectivity index (χ1v) is 7.34. The van der Waals surface area contributed by atoms with Crippen molar-refractivity contribution in [1.29, 1.82) is 0 Å². The average Bonchev–Trinajstić information content (AvgIpc) is 3.01. The number of carbonyl (C=O) groups excluding carboxylic acids is 1. The van der Waals surface area contributed by atoms with Gasteiger partial charge in [-0.25, -0.2) is 4.99 Å². The van der Waals surface area contributed by atoms with Gasteiger partial charge in [0.2, 0.25) is 0 Å². The van der Waals surface area contributed by atoms with Gasteiger partial charge in [0.25, 0.3) is 5.91 Å². The molecule has 1 aromatic heterocycles. The standard InChI is InChI=1S/C14H15N3OS/c1-2-5-19-11-3-4-12-10(6-11)7-13(16-12)17-8-14(18)15-9-17/h3-4,6-7,9,16H,2,5,8H2,1H3. The number of hydrogen-bond donors (Lipinski definition) is 1. The number of aromatic nitrogens is 1. The topological polar surface area (TPSA) is 48.5 Å². The molecule has 0 atom stereocenters. The van der Waals surface area contributed by atoms with E-state index in [0.29, 0.717) is 6.54 Å². The second-order valence-corrected chi connectivity index (χ2v) is 5.69. The van der Waals surface area contributed by atoms with Crippen LogP contribution in [0.2, 0.25) is 0 Å². The third-order valence-electron chi connectivity index (χ3n) is 3.01. The molecule has 5 heteroatoms. The third kappa shape index (κ3) is 2.51. The van der Waals surface area contributed by atoms with E-state index in [1.165, 1.54) is 16.7 Å². The monoisotopic (exact) mass is 273 g/mol. The Bertz CT molecular complexity index is 647.